The average Bonchev–Trinajstić information content (AvgIpc) is 2.55. The lowest BCUT2D eigenvalue weighted by Crippen LogP contribution is -2.27. The molecule has 2 aromatic rings. The molecule has 0 fully saturated rings. The summed E-state index contributed by atoms with van der Waals surface area (Å²) in [5.74, 6) is 0. The Morgan fingerprint density at radius 3 is 3.00 bits per heavy atom. The molecule has 0 aliphatic carbocycles. The number of para-hydroxylation sites is 1. The van der Waals surface area contributed by atoms with Gasteiger partial charge in [-0.3, -0.25) is 0 Å². The van der Waals surface area contributed by atoms with Crippen LogP contribution in [-0.4, -0.2) is 11.1 Å². The van der Waals surface area contributed by atoms with Crippen LogP contribution in [0.4, 0.5) is 0 Å². The van der Waals surface area contributed by atoms with E-state index in [0.29, 0.717) is 0 Å². The van der Waals surface area contributed by atoms with Crippen LogP contribution in [0.1, 0.15) is 5.69 Å². The van der Waals surface area contributed by atoms with Gasteiger partial charge in [0.1, 0.15) is 0 Å². The van der Waals surface area contributed by atoms with Crippen molar-refractivity contribution >= 4 is 34.1 Å². The second kappa shape index (κ2) is 3.41. The van der Waals surface area contributed by atoms with Gasteiger partial charge in [-0.05, 0) is 6.07 Å². The summed E-state index contributed by atoms with van der Waals surface area (Å²) < 4.78 is 2.22. The van der Waals surface area contributed by atoms with Crippen LogP contribution in [0.15, 0.2) is 18.2 Å². The lowest BCUT2D eigenvalue weighted by atomic mass is 10.2. The fourth-order valence-electron chi connectivity index (χ4n) is 2.19. The molecule has 78 valence electrons. The van der Waals surface area contributed by atoms with Gasteiger partial charge in [-0.1, -0.05) is 35.3 Å². The first-order chi connectivity index (χ1) is 7.29. The largest absolute Gasteiger partial charge is 0.340 e. The van der Waals surface area contributed by atoms with Crippen molar-refractivity contribution in [3.05, 3.63) is 33.9 Å². The molecule has 15 heavy (non-hydrogen) atoms. The molecule has 4 heteroatoms. The molecule has 0 amide bonds. The predicted molar refractivity (Wildman–Crippen MR) is 63.7 cm³/mol. The fourth-order valence-corrected chi connectivity index (χ4v) is 2.79. The van der Waals surface area contributed by atoms with Crippen LogP contribution in [0.2, 0.25) is 10.0 Å². The minimum atomic E-state index is 0.780. The van der Waals surface area contributed by atoms with Crippen LogP contribution in [0, 0.1) is 0 Å². The number of halogens is 2. The summed E-state index contributed by atoms with van der Waals surface area (Å²) in [6.45, 7) is 2.73. The van der Waals surface area contributed by atoms with Gasteiger partial charge in [0, 0.05) is 25.0 Å². The normalized spacial score (nSPS) is 15.6. The van der Waals surface area contributed by atoms with E-state index in [1.165, 1.54) is 0 Å². The first kappa shape index (κ1) is 9.52. The molecule has 0 unspecified atom stereocenters. The van der Waals surface area contributed by atoms with Gasteiger partial charge in [0.2, 0.25) is 0 Å². The van der Waals surface area contributed by atoms with Gasteiger partial charge >= 0.3 is 0 Å². The van der Waals surface area contributed by atoms with Gasteiger partial charge < -0.3 is 9.88 Å². The van der Waals surface area contributed by atoms with Crippen molar-refractivity contribution in [3.8, 4) is 0 Å². The van der Waals surface area contributed by atoms with Crippen molar-refractivity contribution in [2.75, 3.05) is 6.54 Å². The maximum Gasteiger partial charge on any atom is 0.0707 e. The number of hydrogen-bond acceptors (Lipinski definition) is 1. The summed E-state index contributed by atoms with van der Waals surface area (Å²) in [4.78, 5) is 0. The highest BCUT2D eigenvalue weighted by atomic mass is 35.5. The molecule has 1 aliphatic heterocycles. The van der Waals surface area contributed by atoms with Gasteiger partial charge in [-0.15, -0.1) is 0 Å². The van der Waals surface area contributed by atoms with Gasteiger partial charge in [-0.25, -0.2) is 0 Å². The molecule has 2 heterocycles. The molecule has 0 saturated carbocycles. The van der Waals surface area contributed by atoms with Gasteiger partial charge in [0.05, 0.1) is 21.3 Å². The van der Waals surface area contributed by atoms with Crippen molar-refractivity contribution in [1.82, 2.24) is 9.88 Å². The van der Waals surface area contributed by atoms with Gasteiger partial charge in [-0.2, -0.15) is 0 Å². The molecule has 1 aromatic carbocycles. The van der Waals surface area contributed by atoms with E-state index >= 15 is 0 Å². The molecule has 0 radical (unpaired) electrons. The Balaban J connectivity index is 2.44. The smallest absolute Gasteiger partial charge is 0.0707 e. The van der Waals surface area contributed by atoms with E-state index in [0.717, 1.165) is 46.3 Å². The number of nitrogens with zero attached hydrogens (tertiary/aromatic N) is 1. The maximum absolute atomic E-state index is 6.33. The van der Waals surface area contributed by atoms with E-state index in [1.54, 1.807) is 0 Å². The van der Waals surface area contributed by atoms with E-state index in [9.17, 15) is 0 Å². The van der Waals surface area contributed by atoms with Crippen LogP contribution in [0.3, 0.4) is 0 Å². The highest BCUT2D eigenvalue weighted by Crippen LogP contribution is 2.35. The lowest BCUT2D eigenvalue weighted by molar-refractivity contribution is 0.527. The van der Waals surface area contributed by atoms with Crippen molar-refractivity contribution in [2.45, 2.75) is 13.1 Å². The SMILES string of the molecule is Clc1c2n(c3c(Cl)cccc13)CCNC2. The first-order valence-corrected chi connectivity index (χ1v) is 5.70. The topological polar surface area (TPSA) is 17.0 Å². The van der Waals surface area contributed by atoms with Crippen molar-refractivity contribution in [3.63, 3.8) is 0 Å². The quantitative estimate of drug-likeness (QED) is 0.750. The standard InChI is InChI=1S/C11H10Cl2N2/c12-8-3-1-2-7-10(13)9-6-14-4-5-15(9)11(7)8/h1-3,14H,4-6H2. The third-order valence-electron chi connectivity index (χ3n) is 2.88. The Labute approximate surface area is 97.8 Å². The molecular formula is C11H10Cl2N2. The Bertz CT molecular complexity index is 531. The molecule has 1 aliphatic rings. The summed E-state index contributed by atoms with van der Waals surface area (Å²) >= 11 is 12.5. The van der Waals surface area contributed by atoms with Crippen LogP contribution in [0.25, 0.3) is 10.9 Å². The summed E-state index contributed by atoms with van der Waals surface area (Å²) in [7, 11) is 0. The third kappa shape index (κ3) is 1.29. The Hall–Kier alpha value is -0.700. The zero-order chi connectivity index (χ0) is 10.4. The number of nitrogens with one attached hydrogen (secondary N) is 1. The minimum absolute atomic E-state index is 0.780. The number of benzene rings is 1. The van der Waals surface area contributed by atoms with E-state index < -0.39 is 0 Å². The number of fused-ring (bicyclic) bond motifs is 3. The zero-order valence-corrected chi connectivity index (χ0v) is 9.57. The molecule has 3 rings (SSSR count). The summed E-state index contributed by atoms with van der Waals surface area (Å²) in [6, 6.07) is 5.88. The second-order valence-corrected chi connectivity index (χ2v) is 4.51. The molecule has 1 aromatic heterocycles. The molecule has 1 N–H and O–H groups in total. The van der Waals surface area contributed by atoms with E-state index in [-0.39, 0.29) is 0 Å². The summed E-state index contributed by atoms with van der Waals surface area (Å²) in [5.41, 5.74) is 2.21. The minimum Gasteiger partial charge on any atom is -0.340 e. The first-order valence-electron chi connectivity index (χ1n) is 4.95. The van der Waals surface area contributed by atoms with E-state index in [1.807, 2.05) is 18.2 Å². The monoisotopic (exact) mass is 240 g/mol. The highest BCUT2D eigenvalue weighted by molar-refractivity contribution is 6.40. The van der Waals surface area contributed by atoms with Crippen molar-refractivity contribution in [1.29, 1.82) is 0 Å². The average molecular weight is 241 g/mol. The molecule has 0 bridgehead atoms. The highest BCUT2D eigenvalue weighted by Gasteiger charge is 2.19. The van der Waals surface area contributed by atoms with Crippen molar-refractivity contribution < 1.29 is 0 Å². The number of aromatic nitrogens is 1. The van der Waals surface area contributed by atoms with Crippen LogP contribution in [0.5, 0.6) is 0 Å². The van der Waals surface area contributed by atoms with Crippen LogP contribution >= 0.6 is 23.2 Å². The Kier molecular flexibility index (Phi) is 2.16. The molecule has 0 saturated heterocycles. The Morgan fingerprint density at radius 1 is 1.27 bits per heavy atom. The van der Waals surface area contributed by atoms with Crippen molar-refractivity contribution in [2.24, 2.45) is 0 Å². The van der Waals surface area contributed by atoms with Gasteiger partial charge in [0.15, 0.2) is 0 Å². The second-order valence-electron chi connectivity index (χ2n) is 3.73. The molecule has 0 spiro atoms. The summed E-state index contributed by atoms with van der Waals surface area (Å²) in [6.07, 6.45) is 0. The Morgan fingerprint density at radius 2 is 2.13 bits per heavy atom. The number of rotatable bonds is 0. The van der Waals surface area contributed by atoms with Crippen LogP contribution in [-0.2, 0) is 13.1 Å². The lowest BCUT2D eigenvalue weighted by Gasteiger charge is -2.17. The van der Waals surface area contributed by atoms with E-state index in [2.05, 4.69) is 9.88 Å². The third-order valence-corrected chi connectivity index (χ3v) is 3.60. The zero-order valence-electron chi connectivity index (χ0n) is 8.06. The van der Waals surface area contributed by atoms with Crippen LogP contribution < -0.4 is 5.32 Å². The molecular weight excluding hydrogens is 231 g/mol. The predicted octanol–water partition coefficient (Wildman–Crippen LogP) is 3.05. The van der Waals surface area contributed by atoms with E-state index in [4.69, 9.17) is 23.2 Å². The maximum atomic E-state index is 6.33. The molecule has 2 nitrogen and oxygen atoms in total. The number of hydrogen-bond donors (Lipinski definition) is 1. The summed E-state index contributed by atoms with van der Waals surface area (Å²) in [5, 5.41) is 5.99. The fraction of sp³-hybridized carbons (Fsp3) is 0.273. The molecule has 0 atom stereocenters. The van der Waals surface area contributed by atoms with Gasteiger partial charge in [0.25, 0.3) is 0 Å².